The zero-order valence-electron chi connectivity index (χ0n) is 16.3. The molecule has 6 nitrogen and oxygen atoms in total. The monoisotopic (exact) mass is 404 g/mol. The van der Waals surface area contributed by atoms with E-state index in [9.17, 15) is 9.59 Å². The fraction of sp³-hybridized carbons (Fsp3) is 0.429. The summed E-state index contributed by atoms with van der Waals surface area (Å²) in [5.74, 6) is 0.592. The Bertz CT molecular complexity index is 790. The second-order valence-corrected chi connectivity index (χ2v) is 7.92. The van der Waals surface area contributed by atoms with E-state index in [0.717, 1.165) is 18.6 Å². The lowest BCUT2D eigenvalue weighted by atomic mass is 9.96. The molecule has 2 atom stereocenters. The van der Waals surface area contributed by atoms with E-state index in [2.05, 4.69) is 5.32 Å². The second kappa shape index (κ2) is 9.26. The van der Waals surface area contributed by atoms with Gasteiger partial charge in [-0.1, -0.05) is 11.6 Å². The van der Waals surface area contributed by atoms with Crippen molar-refractivity contribution >= 4 is 23.4 Å². The van der Waals surface area contributed by atoms with Crippen LogP contribution in [0.1, 0.15) is 35.0 Å². The van der Waals surface area contributed by atoms with Crippen molar-refractivity contribution < 1.29 is 18.9 Å². The molecule has 1 aliphatic rings. The SMILES string of the molecule is C[NH+](C)[C@H](CNC(=O)[C@H]1CCCN(C(=O)c2ccc(Cl)cc2)C1)c1ccco1. The number of nitrogens with zero attached hydrogens (tertiary/aromatic N) is 1. The lowest BCUT2D eigenvalue weighted by Gasteiger charge is -2.32. The predicted molar refractivity (Wildman–Crippen MR) is 107 cm³/mol. The Morgan fingerprint density at radius 3 is 2.68 bits per heavy atom. The zero-order valence-corrected chi connectivity index (χ0v) is 17.0. The van der Waals surface area contributed by atoms with E-state index in [-0.39, 0.29) is 23.8 Å². The highest BCUT2D eigenvalue weighted by Crippen LogP contribution is 2.20. The molecule has 3 rings (SSSR count). The first-order chi connectivity index (χ1) is 13.5. The van der Waals surface area contributed by atoms with E-state index in [4.69, 9.17) is 16.0 Å². The molecule has 7 heteroatoms. The number of hydrogen-bond acceptors (Lipinski definition) is 3. The average Bonchev–Trinajstić information content (AvgIpc) is 3.22. The lowest BCUT2D eigenvalue weighted by Crippen LogP contribution is -3.07. The van der Waals surface area contributed by atoms with E-state index in [1.165, 1.54) is 4.90 Å². The molecule has 0 saturated carbocycles. The first-order valence-corrected chi connectivity index (χ1v) is 9.99. The molecule has 28 heavy (non-hydrogen) atoms. The Morgan fingerprint density at radius 2 is 2.04 bits per heavy atom. The molecule has 2 N–H and O–H groups in total. The average molecular weight is 405 g/mol. The van der Waals surface area contributed by atoms with Crippen molar-refractivity contribution in [1.82, 2.24) is 10.2 Å². The summed E-state index contributed by atoms with van der Waals surface area (Å²) in [7, 11) is 4.07. The maximum absolute atomic E-state index is 12.7. The Labute approximate surface area is 170 Å². The third-order valence-corrected chi connectivity index (χ3v) is 5.49. The number of carbonyl (C=O) groups excluding carboxylic acids is 2. The molecule has 0 spiro atoms. The van der Waals surface area contributed by atoms with Gasteiger partial charge in [0, 0.05) is 23.7 Å². The Morgan fingerprint density at radius 1 is 1.29 bits per heavy atom. The van der Waals surface area contributed by atoms with E-state index in [1.54, 1.807) is 35.4 Å². The van der Waals surface area contributed by atoms with Crippen molar-refractivity contribution in [3.63, 3.8) is 0 Å². The fourth-order valence-corrected chi connectivity index (χ4v) is 3.70. The second-order valence-electron chi connectivity index (χ2n) is 7.49. The van der Waals surface area contributed by atoms with Gasteiger partial charge in [0.2, 0.25) is 5.91 Å². The third-order valence-electron chi connectivity index (χ3n) is 5.23. The molecule has 0 aliphatic carbocycles. The normalized spacial score (nSPS) is 18.1. The molecule has 1 saturated heterocycles. The summed E-state index contributed by atoms with van der Waals surface area (Å²) in [6.07, 6.45) is 3.25. The van der Waals surface area contributed by atoms with Crippen molar-refractivity contribution in [3.05, 3.63) is 59.0 Å². The number of quaternary nitrogens is 1. The van der Waals surface area contributed by atoms with Gasteiger partial charge in [0.1, 0.15) is 0 Å². The maximum Gasteiger partial charge on any atom is 0.253 e. The smallest absolute Gasteiger partial charge is 0.253 e. The predicted octanol–water partition coefficient (Wildman–Crippen LogP) is 1.79. The molecule has 1 aliphatic heterocycles. The van der Waals surface area contributed by atoms with E-state index < -0.39 is 0 Å². The summed E-state index contributed by atoms with van der Waals surface area (Å²) < 4.78 is 5.51. The van der Waals surface area contributed by atoms with Gasteiger partial charge in [-0.15, -0.1) is 0 Å². The standard InChI is InChI=1S/C21H26ClN3O3/c1-24(2)18(19-6-4-12-28-19)13-23-20(26)16-5-3-11-25(14-16)21(27)15-7-9-17(22)10-8-15/h4,6-10,12,16,18H,3,5,11,13-14H2,1-2H3,(H,23,26)/p+1/t16-,18+/m0/s1. The minimum Gasteiger partial charge on any atom is -0.463 e. The molecule has 150 valence electrons. The number of furan rings is 1. The number of benzene rings is 1. The van der Waals surface area contributed by atoms with Crippen molar-refractivity contribution in [2.45, 2.75) is 18.9 Å². The molecule has 0 radical (unpaired) electrons. The first kappa shape index (κ1) is 20.4. The van der Waals surface area contributed by atoms with Crippen LogP contribution in [-0.2, 0) is 4.79 Å². The molecule has 0 bridgehead atoms. The molecule has 1 aromatic carbocycles. The number of carbonyl (C=O) groups is 2. The van der Waals surface area contributed by atoms with Crippen LogP contribution >= 0.6 is 11.6 Å². The van der Waals surface area contributed by atoms with Crippen LogP contribution in [0.5, 0.6) is 0 Å². The number of rotatable bonds is 6. The van der Waals surface area contributed by atoms with Gasteiger partial charge in [-0.25, -0.2) is 0 Å². The number of likely N-dealkylation sites (N-methyl/N-ethyl adjacent to an activating group) is 1. The number of likely N-dealkylation sites (tertiary alicyclic amines) is 1. The van der Waals surface area contributed by atoms with Crippen LogP contribution < -0.4 is 10.2 Å². The number of nitrogens with one attached hydrogen (secondary N) is 2. The molecule has 1 aromatic heterocycles. The Balaban J connectivity index is 1.58. The minimum absolute atomic E-state index is 0.00795. The Hall–Kier alpha value is -2.31. The largest absolute Gasteiger partial charge is 0.463 e. The summed E-state index contributed by atoms with van der Waals surface area (Å²) >= 11 is 5.90. The summed E-state index contributed by atoms with van der Waals surface area (Å²) in [5.41, 5.74) is 0.597. The third kappa shape index (κ3) is 4.94. The van der Waals surface area contributed by atoms with Crippen LogP contribution in [0.3, 0.4) is 0 Å². The number of piperidine rings is 1. The van der Waals surface area contributed by atoms with Crippen molar-refractivity contribution in [2.75, 3.05) is 33.7 Å². The molecule has 2 aromatic rings. The summed E-state index contributed by atoms with van der Waals surface area (Å²) in [4.78, 5) is 28.4. The van der Waals surface area contributed by atoms with Crippen LogP contribution in [0, 0.1) is 5.92 Å². The maximum atomic E-state index is 12.7. The molecule has 2 amide bonds. The van der Waals surface area contributed by atoms with Gasteiger partial charge in [0.05, 0.1) is 32.8 Å². The number of amides is 2. The lowest BCUT2D eigenvalue weighted by molar-refractivity contribution is -0.891. The van der Waals surface area contributed by atoms with Crippen LogP contribution in [-0.4, -0.2) is 50.4 Å². The summed E-state index contributed by atoms with van der Waals surface area (Å²) in [6, 6.07) is 10.7. The molecular formula is C21H27ClN3O3+. The van der Waals surface area contributed by atoms with Crippen LogP contribution in [0.25, 0.3) is 0 Å². The molecule has 1 fully saturated rings. The van der Waals surface area contributed by atoms with E-state index in [1.807, 2.05) is 26.2 Å². The minimum atomic E-state index is -0.195. The highest BCUT2D eigenvalue weighted by molar-refractivity contribution is 6.30. The van der Waals surface area contributed by atoms with Crippen LogP contribution in [0.15, 0.2) is 47.1 Å². The van der Waals surface area contributed by atoms with Gasteiger partial charge >= 0.3 is 0 Å². The molecule has 2 heterocycles. The molecular weight excluding hydrogens is 378 g/mol. The van der Waals surface area contributed by atoms with Gasteiger partial charge in [0.15, 0.2) is 11.8 Å². The van der Waals surface area contributed by atoms with Gasteiger partial charge in [-0.05, 0) is 49.2 Å². The Kier molecular flexibility index (Phi) is 6.75. The quantitative estimate of drug-likeness (QED) is 0.771. The summed E-state index contributed by atoms with van der Waals surface area (Å²) in [6.45, 7) is 1.60. The van der Waals surface area contributed by atoms with Crippen molar-refractivity contribution in [2.24, 2.45) is 5.92 Å². The van der Waals surface area contributed by atoms with Crippen LogP contribution in [0.4, 0.5) is 0 Å². The van der Waals surface area contributed by atoms with Crippen LogP contribution in [0.2, 0.25) is 5.02 Å². The van der Waals surface area contributed by atoms with Gasteiger partial charge < -0.3 is 19.5 Å². The van der Waals surface area contributed by atoms with E-state index in [0.29, 0.717) is 30.2 Å². The van der Waals surface area contributed by atoms with Crippen molar-refractivity contribution in [1.29, 1.82) is 0 Å². The van der Waals surface area contributed by atoms with Gasteiger partial charge in [0.25, 0.3) is 5.91 Å². The highest BCUT2D eigenvalue weighted by atomic mass is 35.5. The van der Waals surface area contributed by atoms with E-state index >= 15 is 0 Å². The topological polar surface area (TPSA) is 67.0 Å². The first-order valence-electron chi connectivity index (χ1n) is 9.61. The highest BCUT2D eigenvalue weighted by Gasteiger charge is 2.30. The number of halogens is 1. The zero-order chi connectivity index (χ0) is 20.1. The van der Waals surface area contributed by atoms with Gasteiger partial charge in [-0.3, -0.25) is 9.59 Å². The van der Waals surface area contributed by atoms with Gasteiger partial charge in [-0.2, -0.15) is 0 Å². The fourth-order valence-electron chi connectivity index (χ4n) is 3.58. The van der Waals surface area contributed by atoms with Crippen molar-refractivity contribution in [3.8, 4) is 0 Å². The molecule has 0 unspecified atom stereocenters. The number of hydrogen-bond donors (Lipinski definition) is 2. The summed E-state index contributed by atoms with van der Waals surface area (Å²) in [5, 5.41) is 3.65.